The Morgan fingerprint density at radius 3 is 2.41 bits per heavy atom. The van der Waals surface area contributed by atoms with Gasteiger partial charge in [0.2, 0.25) is 0 Å². The fourth-order valence-electron chi connectivity index (χ4n) is 1.80. The Morgan fingerprint density at radius 1 is 1.14 bits per heavy atom. The monoisotopic (exact) mass is 293 g/mol. The molecule has 4 heteroatoms. The van der Waals surface area contributed by atoms with Crippen LogP contribution in [0.2, 0.25) is 0 Å². The molecular formula is C18H15NO3. The van der Waals surface area contributed by atoms with Gasteiger partial charge in [-0.15, -0.1) is 0 Å². The lowest BCUT2D eigenvalue weighted by Gasteiger charge is -2.04. The lowest BCUT2D eigenvalue weighted by molar-refractivity contribution is -0.139. The molecule has 0 aliphatic heterocycles. The molecule has 2 aromatic rings. The molecule has 4 nitrogen and oxygen atoms in total. The molecule has 110 valence electrons. The molecule has 0 bridgehead atoms. The predicted octanol–water partition coefficient (Wildman–Crippen LogP) is 3.35. The zero-order valence-corrected chi connectivity index (χ0v) is 12.2. The van der Waals surface area contributed by atoms with Gasteiger partial charge < -0.3 is 9.47 Å². The van der Waals surface area contributed by atoms with Crippen LogP contribution in [0.3, 0.4) is 0 Å². The standard InChI is InChI=1S/C18H15NO3/c1-21-17-9-7-14(8-10-17)11-16(12-19)18(20)22-13-15-5-3-2-4-6-15/h2-11H,13H2,1H3/b16-11+. The van der Waals surface area contributed by atoms with Crippen molar-refractivity contribution in [1.29, 1.82) is 5.26 Å². The summed E-state index contributed by atoms with van der Waals surface area (Å²) in [7, 11) is 1.58. The van der Waals surface area contributed by atoms with Crippen molar-refractivity contribution in [1.82, 2.24) is 0 Å². The van der Waals surface area contributed by atoms with E-state index in [2.05, 4.69) is 0 Å². The highest BCUT2D eigenvalue weighted by atomic mass is 16.5. The molecule has 2 aromatic carbocycles. The second-order valence-electron chi connectivity index (χ2n) is 4.50. The van der Waals surface area contributed by atoms with Gasteiger partial charge in [0, 0.05) is 0 Å². The van der Waals surface area contributed by atoms with Crippen molar-refractivity contribution in [3.8, 4) is 11.8 Å². The van der Waals surface area contributed by atoms with E-state index >= 15 is 0 Å². The lowest BCUT2D eigenvalue weighted by atomic mass is 10.1. The SMILES string of the molecule is COc1ccc(/C=C(\C#N)C(=O)OCc2ccccc2)cc1. The largest absolute Gasteiger partial charge is 0.497 e. The van der Waals surface area contributed by atoms with Crippen LogP contribution in [0.25, 0.3) is 6.08 Å². The molecule has 0 radical (unpaired) electrons. The number of carbonyl (C=O) groups excluding carboxylic acids is 1. The van der Waals surface area contributed by atoms with Gasteiger partial charge in [0.05, 0.1) is 7.11 Å². The van der Waals surface area contributed by atoms with E-state index in [1.807, 2.05) is 36.4 Å². The Morgan fingerprint density at radius 2 is 1.82 bits per heavy atom. The molecule has 0 aliphatic carbocycles. The number of carbonyl (C=O) groups is 1. The molecule has 0 fully saturated rings. The van der Waals surface area contributed by atoms with Gasteiger partial charge in [-0.05, 0) is 29.3 Å². The van der Waals surface area contributed by atoms with Crippen LogP contribution in [-0.4, -0.2) is 13.1 Å². The van der Waals surface area contributed by atoms with Crippen molar-refractivity contribution in [2.45, 2.75) is 6.61 Å². The Labute approximate surface area is 129 Å². The van der Waals surface area contributed by atoms with Crippen LogP contribution in [-0.2, 0) is 16.1 Å². The number of rotatable bonds is 5. The first-order valence-corrected chi connectivity index (χ1v) is 6.70. The van der Waals surface area contributed by atoms with E-state index < -0.39 is 5.97 Å². The second kappa shape index (κ2) is 7.65. The molecule has 0 aliphatic rings. The molecule has 22 heavy (non-hydrogen) atoms. The van der Waals surface area contributed by atoms with Gasteiger partial charge in [0.1, 0.15) is 24.0 Å². The number of hydrogen-bond donors (Lipinski definition) is 0. The molecule has 0 heterocycles. The third kappa shape index (κ3) is 4.22. The summed E-state index contributed by atoms with van der Waals surface area (Å²) in [5, 5.41) is 9.11. The summed E-state index contributed by atoms with van der Waals surface area (Å²) in [5.41, 5.74) is 1.56. The van der Waals surface area contributed by atoms with E-state index in [1.54, 1.807) is 31.4 Å². The van der Waals surface area contributed by atoms with E-state index in [9.17, 15) is 4.79 Å². The Hall–Kier alpha value is -3.06. The first kappa shape index (κ1) is 15.3. The van der Waals surface area contributed by atoms with Crippen LogP contribution >= 0.6 is 0 Å². The smallest absolute Gasteiger partial charge is 0.349 e. The number of methoxy groups -OCH3 is 1. The molecule has 2 rings (SSSR count). The normalized spacial score (nSPS) is 10.6. The van der Waals surface area contributed by atoms with Crippen molar-refractivity contribution in [2.75, 3.05) is 7.11 Å². The summed E-state index contributed by atoms with van der Waals surface area (Å²) in [6.45, 7) is 0.140. The minimum absolute atomic E-state index is 0.0407. The summed E-state index contributed by atoms with van der Waals surface area (Å²) in [6.07, 6.45) is 1.49. The van der Waals surface area contributed by atoms with Crippen LogP contribution in [0.1, 0.15) is 11.1 Å². The average molecular weight is 293 g/mol. The maximum absolute atomic E-state index is 11.9. The van der Waals surface area contributed by atoms with Crippen LogP contribution in [0.5, 0.6) is 5.75 Å². The van der Waals surface area contributed by atoms with Gasteiger partial charge in [0.15, 0.2) is 0 Å². The number of ether oxygens (including phenoxy) is 2. The highest BCUT2D eigenvalue weighted by Gasteiger charge is 2.10. The summed E-state index contributed by atoms with van der Waals surface area (Å²) in [6, 6.07) is 18.2. The quantitative estimate of drug-likeness (QED) is 0.482. The molecule has 0 spiro atoms. The highest BCUT2D eigenvalue weighted by molar-refractivity contribution is 5.97. The van der Waals surface area contributed by atoms with Crippen molar-refractivity contribution < 1.29 is 14.3 Å². The van der Waals surface area contributed by atoms with Crippen LogP contribution in [0.4, 0.5) is 0 Å². The molecular weight excluding hydrogens is 278 g/mol. The van der Waals surface area contributed by atoms with Crippen LogP contribution in [0, 0.1) is 11.3 Å². The zero-order valence-electron chi connectivity index (χ0n) is 12.2. The topological polar surface area (TPSA) is 59.3 Å². The van der Waals surface area contributed by atoms with Gasteiger partial charge in [0.25, 0.3) is 0 Å². The van der Waals surface area contributed by atoms with E-state index in [0.717, 1.165) is 11.1 Å². The Balaban J connectivity index is 2.04. The van der Waals surface area contributed by atoms with Crippen LogP contribution < -0.4 is 4.74 Å². The van der Waals surface area contributed by atoms with Crippen molar-refractivity contribution in [2.24, 2.45) is 0 Å². The third-order valence-electron chi connectivity index (χ3n) is 2.98. The van der Waals surface area contributed by atoms with Gasteiger partial charge >= 0.3 is 5.97 Å². The number of hydrogen-bond acceptors (Lipinski definition) is 4. The fraction of sp³-hybridized carbons (Fsp3) is 0.111. The maximum Gasteiger partial charge on any atom is 0.349 e. The first-order chi connectivity index (χ1) is 10.7. The molecule has 0 aromatic heterocycles. The number of nitriles is 1. The molecule has 0 N–H and O–H groups in total. The van der Waals surface area contributed by atoms with Crippen molar-refractivity contribution in [3.05, 3.63) is 71.3 Å². The van der Waals surface area contributed by atoms with Crippen molar-refractivity contribution in [3.63, 3.8) is 0 Å². The molecule has 0 unspecified atom stereocenters. The summed E-state index contributed by atoms with van der Waals surface area (Å²) in [5.74, 6) is 0.0736. The second-order valence-corrected chi connectivity index (χ2v) is 4.50. The van der Waals surface area contributed by atoms with E-state index in [0.29, 0.717) is 5.75 Å². The van der Waals surface area contributed by atoms with E-state index in [1.165, 1.54) is 6.08 Å². The third-order valence-corrected chi connectivity index (χ3v) is 2.98. The fourth-order valence-corrected chi connectivity index (χ4v) is 1.80. The number of nitrogens with zero attached hydrogens (tertiary/aromatic N) is 1. The number of benzene rings is 2. The lowest BCUT2D eigenvalue weighted by Crippen LogP contribution is -2.06. The van der Waals surface area contributed by atoms with E-state index in [-0.39, 0.29) is 12.2 Å². The minimum atomic E-state index is -0.637. The highest BCUT2D eigenvalue weighted by Crippen LogP contribution is 2.14. The minimum Gasteiger partial charge on any atom is -0.497 e. The summed E-state index contributed by atoms with van der Waals surface area (Å²) >= 11 is 0. The molecule has 0 saturated carbocycles. The molecule has 0 saturated heterocycles. The van der Waals surface area contributed by atoms with Gasteiger partial charge in [-0.1, -0.05) is 42.5 Å². The average Bonchev–Trinajstić information content (AvgIpc) is 2.59. The molecule has 0 atom stereocenters. The zero-order chi connectivity index (χ0) is 15.8. The molecule has 0 amide bonds. The van der Waals surface area contributed by atoms with Crippen LogP contribution in [0.15, 0.2) is 60.2 Å². The van der Waals surface area contributed by atoms with Gasteiger partial charge in [-0.2, -0.15) is 5.26 Å². The summed E-state index contributed by atoms with van der Waals surface area (Å²) in [4.78, 5) is 11.9. The maximum atomic E-state index is 11.9. The first-order valence-electron chi connectivity index (χ1n) is 6.70. The van der Waals surface area contributed by atoms with Gasteiger partial charge in [-0.3, -0.25) is 0 Å². The Kier molecular flexibility index (Phi) is 5.33. The van der Waals surface area contributed by atoms with Crippen molar-refractivity contribution >= 4 is 12.0 Å². The van der Waals surface area contributed by atoms with E-state index in [4.69, 9.17) is 14.7 Å². The Bertz CT molecular complexity index is 697. The summed E-state index contributed by atoms with van der Waals surface area (Å²) < 4.78 is 10.2. The predicted molar refractivity (Wildman–Crippen MR) is 82.8 cm³/mol. The number of esters is 1. The van der Waals surface area contributed by atoms with Gasteiger partial charge in [-0.25, -0.2) is 4.79 Å².